The second-order valence-corrected chi connectivity index (χ2v) is 6.19. The SMILES string of the molecule is [CH2-]CC1CCC([C@@H]2CC[C@@H](C)C(O)C2)CC1.[Y]. The minimum absolute atomic E-state index is 0. The van der Waals surface area contributed by atoms with Gasteiger partial charge in [0.15, 0.2) is 0 Å². The summed E-state index contributed by atoms with van der Waals surface area (Å²) in [5, 5.41) is 9.97. The third kappa shape index (κ3) is 4.28. The van der Waals surface area contributed by atoms with E-state index in [-0.39, 0.29) is 38.8 Å². The van der Waals surface area contributed by atoms with E-state index in [0.717, 1.165) is 30.6 Å². The molecule has 0 spiro atoms. The van der Waals surface area contributed by atoms with Crippen molar-refractivity contribution in [3.8, 4) is 0 Å². The average Bonchev–Trinajstić information content (AvgIpc) is 2.33. The molecule has 0 saturated heterocycles. The summed E-state index contributed by atoms with van der Waals surface area (Å²) in [5.74, 6) is 3.15. The molecule has 0 aromatic carbocycles. The van der Waals surface area contributed by atoms with Crippen LogP contribution in [-0.4, -0.2) is 11.2 Å². The predicted octanol–water partition coefficient (Wildman–Crippen LogP) is 3.81. The van der Waals surface area contributed by atoms with Crippen LogP contribution in [0.2, 0.25) is 0 Å². The maximum absolute atomic E-state index is 9.97. The van der Waals surface area contributed by atoms with Crippen LogP contribution < -0.4 is 0 Å². The van der Waals surface area contributed by atoms with Crippen molar-refractivity contribution in [1.29, 1.82) is 0 Å². The molecule has 2 saturated carbocycles. The third-order valence-electron chi connectivity index (χ3n) is 5.16. The molecule has 1 unspecified atom stereocenters. The van der Waals surface area contributed by atoms with Crippen LogP contribution in [0.15, 0.2) is 0 Å². The monoisotopic (exact) mass is 312 g/mol. The molecule has 1 radical (unpaired) electrons. The van der Waals surface area contributed by atoms with Crippen LogP contribution >= 0.6 is 0 Å². The first-order chi connectivity index (χ1) is 7.70. The molecular weight excluding hydrogens is 285 g/mol. The Morgan fingerprint density at radius 2 is 1.59 bits per heavy atom. The summed E-state index contributed by atoms with van der Waals surface area (Å²) in [6, 6.07) is 0. The normalized spacial score (nSPS) is 42.9. The standard InChI is InChI=1S/C15H27O.Y/c1-3-12-5-8-13(9-6-12)14-7-4-11(2)15(16)10-14;/h11-16H,1,3-10H2,2H3;/q-1;/t11-,12?,13?,14-,15?;/m1./s1. The minimum Gasteiger partial charge on any atom is -0.393 e. The van der Waals surface area contributed by atoms with Gasteiger partial charge in [0.25, 0.3) is 0 Å². The zero-order chi connectivity index (χ0) is 11.5. The zero-order valence-corrected chi connectivity index (χ0v) is 14.1. The Labute approximate surface area is 132 Å². The second-order valence-electron chi connectivity index (χ2n) is 6.19. The number of aliphatic hydroxyl groups excluding tert-OH is 1. The van der Waals surface area contributed by atoms with Crippen molar-refractivity contribution in [3.63, 3.8) is 0 Å². The van der Waals surface area contributed by atoms with Crippen LogP contribution in [-0.2, 0) is 32.7 Å². The van der Waals surface area contributed by atoms with Gasteiger partial charge in [-0.3, -0.25) is 0 Å². The molecule has 2 rings (SSSR count). The van der Waals surface area contributed by atoms with Crippen molar-refractivity contribution in [2.45, 2.75) is 64.4 Å². The van der Waals surface area contributed by atoms with E-state index in [4.69, 9.17) is 0 Å². The topological polar surface area (TPSA) is 20.2 Å². The van der Waals surface area contributed by atoms with Gasteiger partial charge in [0.1, 0.15) is 0 Å². The molecule has 1 nitrogen and oxygen atoms in total. The number of rotatable bonds is 2. The van der Waals surface area contributed by atoms with E-state index < -0.39 is 0 Å². The third-order valence-corrected chi connectivity index (χ3v) is 5.16. The van der Waals surface area contributed by atoms with Crippen molar-refractivity contribution in [2.75, 3.05) is 0 Å². The van der Waals surface area contributed by atoms with Gasteiger partial charge in [0, 0.05) is 32.7 Å². The Morgan fingerprint density at radius 3 is 2.12 bits per heavy atom. The number of hydrogen-bond acceptors (Lipinski definition) is 1. The molecule has 2 aliphatic carbocycles. The molecule has 0 amide bonds. The second kappa shape index (κ2) is 7.60. The maximum Gasteiger partial charge on any atom is 0.0568 e. The molecule has 1 N–H and O–H groups in total. The smallest absolute Gasteiger partial charge is 0.0568 e. The first-order valence-corrected chi connectivity index (χ1v) is 7.18. The molecule has 17 heavy (non-hydrogen) atoms. The van der Waals surface area contributed by atoms with E-state index in [1.165, 1.54) is 38.5 Å². The van der Waals surface area contributed by atoms with Gasteiger partial charge in [-0.15, -0.1) is 0 Å². The van der Waals surface area contributed by atoms with Gasteiger partial charge in [-0.25, -0.2) is 0 Å². The average molecular weight is 312 g/mol. The van der Waals surface area contributed by atoms with E-state index in [1.807, 2.05) is 0 Å². The molecule has 2 heteroatoms. The number of aliphatic hydroxyl groups is 1. The van der Waals surface area contributed by atoms with Gasteiger partial charge < -0.3 is 12.0 Å². The molecule has 0 bridgehead atoms. The molecule has 3 atom stereocenters. The molecular formula is C15H27OY-. The Bertz CT molecular complexity index is 211. The summed E-state index contributed by atoms with van der Waals surface area (Å²) in [4.78, 5) is 0. The van der Waals surface area contributed by atoms with E-state index in [2.05, 4.69) is 13.8 Å². The molecule has 0 aliphatic heterocycles. The summed E-state index contributed by atoms with van der Waals surface area (Å²) in [5.41, 5.74) is 0. The van der Waals surface area contributed by atoms with Crippen LogP contribution in [0, 0.1) is 30.6 Å². The predicted molar refractivity (Wildman–Crippen MR) is 67.9 cm³/mol. The largest absolute Gasteiger partial charge is 0.393 e. The first-order valence-electron chi connectivity index (χ1n) is 7.18. The Hall–Kier alpha value is 1.06. The first kappa shape index (κ1) is 16.1. The molecule has 2 fully saturated rings. The van der Waals surface area contributed by atoms with Crippen molar-refractivity contribution in [3.05, 3.63) is 6.92 Å². The minimum atomic E-state index is -0.0238. The quantitative estimate of drug-likeness (QED) is 0.769. The van der Waals surface area contributed by atoms with Crippen LogP contribution in [0.5, 0.6) is 0 Å². The van der Waals surface area contributed by atoms with Crippen molar-refractivity contribution >= 4 is 0 Å². The summed E-state index contributed by atoms with van der Waals surface area (Å²) >= 11 is 0. The van der Waals surface area contributed by atoms with Crippen LogP contribution in [0.25, 0.3) is 0 Å². The van der Waals surface area contributed by atoms with Gasteiger partial charge in [-0.2, -0.15) is 6.42 Å². The fraction of sp³-hybridized carbons (Fsp3) is 0.933. The number of hydrogen-bond donors (Lipinski definition) is 1. The van der Waals surface area contributed by atoms with E-state index in [1.54, 1.807) is 0 Å². The van der Waals surface area contributed by atoms with E-state index >= 15 is 0 Å². The van der Waals surface area contributed by atoms with Gasteiger partial charge >= 0.3 is 0 Å². The Kier molecular flexibility index (Phi) is 7.21. The molecule has 2 aliphatic rings. The molecule has 0 aromatic rings. The van der Waals surface area contributed by atoms with Crippen molar-refractivity contribution in [1.82, 2.24) is 0 Å². The summed E-state index contributed by atoms with van der Waals surface area (Å²) < 4.78 is 0. The summed E-state index contributed by atoms with van der Waals surface area (Å²) in [7, 11) is 0. The van der Waals surface area contributed by atoms with Gasteiger partial charge in [-0.05, 0) is 37.0 Å². The van der Waals surface area contributed by atoms with Crippen LogP contribution in [0.3, 0.4) is 0 Å². The summed E-state index contributed by atoms with van der Waals surface area (Å²) in [6.45, 7) is 6.22. The fourth-order valence-corrected chi connectivity index (χ4v) is 3.71. The maximum atomic E-state index is 9.97. The molecule has 97 valence electrons. The van der Waals surface area contributed by atoms with Gasteiger partial charge in [0.2, 0.25) is 0 Å². The molecule has 0 aromatic heterocycles. The Morgan fingerprint density at radius 1 is 1.00 bits per heavy atom. The van der Waals surface area contributed by atoms with Crippen LogP contribution in [0.1, 0.15) is 58.3 Å². The molecule has 0 heterocycles. The zero-order valence-electron chi connectivity index (χ0n) is 11.3. The van der Waals surface area contributed by atoms with Crippen molar-refractivity contribution in [2.24, 2.45) is 23.7 Å². The fourth-order valence-electron chi connectivity index (χ4n) is 3.71. The van der Waals surface area contributed by atoms with Crippen LogP contribution in [0.4, 0.5) is 0 Å². The van der Waals surface area contributed by atoms with E-state index in [0.29, 0.717) is 5.92 Å². The Balaban J connectivity index is 0.00000144. The van der Waals surface area contributed by atoms with Crippen molar-refractivity contribution < 1.29 is 37.8 Å². The van der Waals surface area contributed by atoms with Gasteiger partial charge in [-0.1, -0.05) is 38.5 Å². The van der Waals surface area contributed by atoms with Gasteiger partial charge in [0.05, 0.1) is 6.10 Å². The summed E-state index contributed by atoms with van der Waals surface area (Å²) in [6.07, 6.45) is 10.3. The van der Waals surface area contributed by atoms with E-state index in [9.17, 15) is 5.11 Å².